The number of furan rings is 1. The second-order valence-electron chi connectivity index (χ2n) is 6.76. The summed E-state index contributed by atoms with van der Waals surface area (Å²) < 4.78 is 16.8. The average molecular weight is 457 g/mol. The summed E-state index contributed by atoms with van der Waals surface area (Å²) in [5.41, 5.74) is 1.27. The van der Waals surface area contributed by atoms with E-state index in [9.17, 15) is 9.59 Å². The van der Waals surface area contributed by atoms with Gasteiger partial charge in [-0.25, -0.2) is 0 Å². The molecule has 0 fully saturated rings. The average Bonchev–Trinajstić information content (AvgIpc) is 3.27. The molecule has 3 aromatic rings. The van der Waals surface area contributed by atoms with Gasteiger partial charge in [0.25, 0.3) is 5.91 Å². The predicted octanol–water partition coefficient (Wildman–Crippen LogP) is 4.44. The molecule has 0 spiro atoms. The molecule has 0 radical (unpaired) electrons. The summed E-state index contributed by atoms with van der Waals surface area (Å²) in [7, 11) is 0. The van der Waals surface area contributed by atoms with Gasteiger partial charge in [0.15, 0.2) is 11.5 Å². The van der Waals surface area contributed by atoms with Crippen LogP contribution in [0.5, 0.6) is 11.5 Å². The Kier molecular flexibility index (Phi) is 8.16. The molecule has 32 heavy (non-hydrogen) atoms. The van der Waals surface area contributed by atoms with Gasteiger partial charge >= 0.3 is 0 Å². The van der Waals surface area contributed by atoms with Crippen LogP contribution in [0.4, 0.5) is 0 Å². The molecule has 7 nitrogen and oxygen atoms in total. The smallest absolute Gasteiger partial charge is 0.251 e. The first kappa shape index (κ1) is 23.2. The van der Waals surface area contributed by atoms with Gasteiger partial charge < -0.3 is 24.5 Å². The zero-order chi connectivity index (χ0) is 22.9. The van der Waals surface area contributed by atoms with Crippen LogP contribution in [0.15, 0.2) is 59.0 Å². The number of hydrogen-bond acceptors (Lipinski definition) is 5. The molecule has 3 rings (SSSR count). The first-order valence-corrected chi connectivity index (χ1v) is 10.7. The van der Waals surface area contributed by atoms with Crippen LogP contribution >= 0.6 is 11.6 Å². The largest absolute Gasteiger partial charge is 0.490 e. The molecule has 0 aliphatic rings. The molecule has 2 N–H and O–H groups in total. The molecule has 0 saturated carbocycles. The molecular formula is C24H25ClN2O5. The Morgan fingerprint density at radius 1 is 0.906 bits per heavy atom. The highest BCUT2D eigenvalue weighted by Gasteiger charge is 2.13. The minimum Gasteiger partial charge on any atom is -0.490 e. The zero-order valence-corrected chi connectivity index (χ0v) is 18.7. The van der Waals surface area contributed by atoms with Crippen molar-refractivity contribution in [2.45, 2.75) is 20.4 Å². The fraction of sp³-hybridized carbons (Fsp3) is 0.250. The maximum atomic E-state index is 12.4. The van der Waals surface area contributed by atoms with Crippen molar-refractivity contribution in [1.29, 1.82) is 0 Å². The molecule has 0 aliphatic heterocycles. The summed E-state index contributed by atoms with van der Waals surface area (Å²) in [6.07, 6.45) is 0. The highest BCUT2D eigenvalue weighted by molar-refractivity contribution is 6.30. The summed E-state index contributed by atoms with van der Waals surface area (Å²) in [4.78, 5) is 24.6. The second-order valence-corrected chi connectivity index (χ2v) is 7.20. The van der Waals surface area contributed by atoms with E-state index in [0.29, 0.717) is 46.8 Å². The van der Waals surface area contributed by atoms with Crippen molar-refractivity contribution < 1.29 is 23.5 Å². The first-order valence-electron chi connectivity index (χ1n) is 10.3. The molecule has 2 aromatic carbocycles. The Bertz CT molecular complexity index is 1060. The van der Waals surface area contributed by atoms with Crippen LogP contribution in [0.3, 0.4) is 0 Å². The monoisotopic (exact) mass is 456 g/mol. The topological polar surface area (TPSA) is 89.8 Å². The van der Waals surface area contributed by atoms with Crippen LogP contribution in [-0.2, 0) is 11.3 Å². The van der Waals surface area contributed by atoms with Gasteiger partial charge in [0.1, 0.15) is 11.5 Å². The van der Waals surface area contributed by atoms with Gasteiger partial charge in [-0.2, -0.15) is 0 Å². The number of halogens is 1. The van der Waals surface area contributed by atoms with Crippen molar-refractivity contribution in [2.75, 3.05) is 19.8 Å². The lowest BCUT2D eigenvalue weighted by molar-refractivity contribution is -0.120. The van der Waals surface area contributed by atoms with Crippen LogP contribution in [0.25, 0.3) is 11.3 Å². The maximum absolute atomic E-state index is 12.4. The SMILES string of the molecule is CCOc1ccc(C(=O)NCC(=O)NCc2ccc(-c3ccc(Cl)cc3)o2)cc1OCC. The van der Waals surface area contributed by atoms with E-state index >= 15 is 0 Å². The summed E-state index contributed by atoms with van der Waals surface area (Å²) in [5, 5.41) is 5.97. The third-order valence-corrected chi connectivity index (χ3v) is 4.72. The molecule has 2 amide bonds. The highest BCUT2D eigenvalue weighted by atomic mass is 35.5. The molecule has 8 heteroatoms. The fourth-order valence-corrected chi connectivity index (χ4v) is 3.07. The number of benzene rings is 2. The Hall–Kier alpha value is -3.45. The summed E-state index contributed by atoms with van der Waals surface area (Å²) >= 11 is 5.90. The second kappa shape index (κ2) is 11.2. The zero-order valence-electron chi connectivity index (χ0n) is 17.9. The predicted molar refractivity (Wildman–Crippen MR) is 122 cm³/mol. The quantitative estimate of drug-likeness (QED) is 0.470. The number of ether oxygens (including phenoxy) is 2. The van der Waals surface area contributed by atoms with Gasteiger partial charge in [-0.15, -0.1) is 0 Å². The van der Waals surface area contributed by atoms with Crippen molar-refractivity contribution in [1.82, 2.24) is 10.6 Å². The lowest BCUT2D eigenvalue weighted by atomic mass is 10.2. The van der Waals surface area contributed by atoms with Gasteiger partial charge in [0, 0.05) is 16.1 Å². The Morgan fingerprint density at radius 3 is 2.34 bits per heavy atom. The number of carbonyl (C=O) groups excluding carboxylic acids is 2. The van der Waals surface area contributed by atoms with E-state index in [0.717, 1.165) is 5.56 Å². The Morgan fingerprint density at radius 2 is 1.62 bits per heavy atom. The summed E-state index contributed by atoms with van der Waals surface area (Å²) in [5.74, 6) is 1.62. The molecule has 1 aromatic heterocycles. The van der Waals surface area contributed by atoms with Crippen LogP contribution in [0.2, 0.25) is 5.02 Å². The van der Waals surface area contributed by atoms with E-state index in [-0.39, 0.29) is 24.9 Å². The van der Waals surface area contributed by atoms with E-state index in [1.807, 2.05) is 32.0 Å². The van der Waals surface area contributed by atoms with Gasteiger partial charge in [-0.1, -0.05) is 11.6 Å². The molecule has 0 atom stereocenters. The number of rotatable bonds is 10. The first-order chi connectivity index (χ1) is 15.5. The van der Waals surface area contributed by atoms with Gasteiger partial charge in [0.05, 0.1) is 26.3 Å². The lowest BCUT2D eigenvalue weighted by Gasteiger charge is -2.12. The highest BCUT2D eigenvalue weighted by Crippen LogP contribution is 2.28. The van der Waals surface area contributed by atoms with E-state index in [4.69, 9.17) is 25.5 Å². The molecular weight excluding hydrogens is 432 g/mol. The van der Waals surface area contributed by atoms with E-state index < -0.39 is 0 Å². The molecule has 0 aliphatic carbocycles. The third kappa shape index (κ3) is 6.28. The van der Waals surface area contributed by atoms with E-state index in [1.165, 1.54) is 0 Å². The standard InChI is InChI=1S/C24H25ClN2O5/c1-3-30-21-11-7-17(13-22(21)31-4-2)24(29)27-15-23(28)26-14-19-10-12-20(32-19)16-5-8-18(25)9-6-16/h5-13H,3-4,14-15H2,1-2H3,(H,26,28)(H,27,29). The van der Waals surface area contributed by atoms with Crippen molar-refractivity contribution in [3.63, 3.8) is 0 Å². The maximum Gasteiger partial charge on any atom is 0.251 e. The van der Waals surface area contributed by atoms with Crippen LogP contribution < -0.4 is 20.1 Å². The third-order valence-electron chi connectivity index (χ3n) is 4.47. The normalized spacial score (nSPS) is 10.5. The van der Waals surface area contributed by atoms with E-state index in [1.54, 1.807) is 36.4 Å². The summed E-state index contributed by atoms with van der Waals surface area (Å²) in [6.45, 7) is 4.70. The molecule has 168 valence electrons. The van der Waals surface area contributed by atoms with Gasteiger partial charge in [-0.05, 0) is 68.4 Å². The van der Waals surface area contributed by atoms with Crippen LogP contribution in [0.1, 0.15) is 30.0 Å². The molecule has 1 heterocycles. The van der Waals surface area contributed by atoms with Crippen molar-refractivity contribution >= 4 is 23.4 Å². The Balaban J connectivity index is 1.50. The summed E-state index contributed by atoms with van der Waals surface area (Å²) in [6, 6.07) is 15.8. The minimum atomic E-state index is -0.382. The van der Waals surface area contributed by atoms with E-state index in [2.05, 4.69) is 10.6 Å². The Labute approximate surface area is 191 Å². The molecule has 0 unspecified atom stereocenters. The number of hydrogen-bond donors (Lipinski definition) is 2. The minimum absolute atomic E-state index is 0.166. The van der Waals surface area contributed by atoms with Gasteiger partial charge in [0.2, 0.25) is 5.91 Å². The lowest BCUT2D eigenvalue weighted by Crippen LogP contribution is -2.36. The number of amides is 2. The van der Waals surface area contributed by atoms with Crippen molar-refractivity contribution in [3.05, 3.63) is 70.9 Å². The van der Waals surface area contributed by atoms with Gasteiger partial charge in [-0.3, -0.25) is 9.59 Å². The molecule has 0 saturated heterocycles. The van der Waals surface area contributed by atoms with Crippen LogP contribution in [-0.4, -0.2) is 31.6 Å². The van der Waals surface area contributed by atoms with Crippen molar-refractivity contribution in [2.24, 2.45) is 0 Å². The fourth-order valence-electron chi connectivity index (χ4n) is 2.95. The molecule has 0 bridgehead atoms. The number of nitrogens with one attached hydrogen (secondary N) is 2. The van der Waals surface area contributed by atoms with Crippen LogP contribution in [0, 0.1) is 0 Å². The number of carbonyl (C=O) groups is 2. The van der Waals surface area contributed by atoms with Crippen molar-refractivity contribution in [3.8, 4) is 22.8 Å².